The molecule has 1 amide bonds. The van der Waals surface area contributed by atoms with Crippen LogP contribution < -0.4 is 0 Å². The lowest BCUT2D eigenvalue weighted by molar-refractivity contribution is 0.0792. The van der Waals surface area contributed by atoms with E-state index in [9.17, 15) is 4.79 Å². The third kappa shape index (κ3) is 2.03. The molecule has 1 fully saturated rings. The van der Waals surface area contributed by atoms with Crippen LogP contribution in [-0.2, 0) is 0 Å². The van der Waals surface area contributed by atoms with E-state index < -0.39 is 0 Å². The highest BCUT2D eigenvalue weighted by Gasteiger charge is 2.20. The van der Waals surface area contributed by atoms with Gasteiger partial charge in [0.2, 0.25) is 0 Å². The van der Waals surface area contributed by atoms with E-state index in [0.717, 1.165) is 25.9 Å². The van der Waals surface area contributed by atoms with Crippen LogP contribution in [0.4, 0.5) is 0 Å². The van der Waals surface area contributed by atoms with Gasteiger partial charge in [-0.1, -0.05) is 0 Å². The van der Waals surface area contributed by atoms with Crippen LogP contribution in [0.5, 0.6) is 0 Å². The Kier molecular flexibility index (Phi) is 2.75. The van der Waals surface area contributed by atoms with E-state index in [1.165, 1.54) is 0 Å². The summed E-state index contributed by atoms with van der Waals surface area (Å²) in [6.45, 7) is 5.89. The molecule has 2 heterocycles. The molecule has 0 atom stereocenters. The second-order valence-corrected chi connectivity index (χ2v) is 4.30. The smallest absolute Gasteiger partial charge is 0.257 e. The molecule has 82 valence electrons. The molecule has 2 rings (SSSR count). The molecule has 1 aromatic heterocycles. The topological polar surface area (TPSA) is 38.1 Å². The first-order chi connectivity index (χ1) is 7.18. The highest BCUT2D eigenvalue weighted by atomic mass is 16.2. The molecule has 0 spiro atoms. The van der Waals surface area contributed by atoms with Crippen LogP contribution >= 0.6 is 0 Å². The fraction of sp³-hybridized carbons (Fsp3) is 0.636. The summed E-state index contributed by atoms with van der Waals surface area (Å²) in [6, 6.07) is 0.310. The Morgan fingerprint density at radius 1 is 1.40 bits per heavy atom. The van der Waals surface area contributed by atoms with Gasteiger partial charge in [0.05, 0.1) is 11.8 Å². The molecular formula is C11H17N3O. The predicted octanol–water partition coefficient (Wildman–Crippen LogP) is 1.70. The van der Waals surface area contributed by atoms with Crippen molar-refractivity contribution in [1.29, 1.82) is 0 Å². The second-order valence-electron chi connectivity index (χ2n) is 4.30. The van der Waals surface area contributed by atoms with Gasteiger partial charge in [0.1, 0.15) is 0 Å². The summed E-state index contributed by atoms with van der Waals surface area (Å²) >= 11 is 0. The minimum Gasteiger partial charge on any atom is -0.339 e. The number of carbonyl (C=O) groups excluding carboxylic acids is 1. The molecule has 15 heavy (non-hydrogen) atoms. The summed E-state index contributed by atoms with van der Waals surface area (Å²) in [7, 11) is 0. The van der Waals surface area contributed by atoms with E-state index in [1.807, 2.05) is 15.8 Å². The molecule has 0 bridgehead atoms. The quantitative estimate of drug-likeness (QED) is 0.740. The van der Waals surface area contributed by atoms with Crippen molar-refractivity contribution < 1.29 is 4.79 Å². The van der Waals surface area contributed by atoms with Crippen LogP contribution in [0, 0.1) is 0 Å². The zero-order chi connectivity index (χ0) is 10.8. The van der Waals surface area contributed by atoms with E-state index in [1.54, 1.807) is 6.20 Å². The standard InChI is InChI=1S/C11H17N3O/c1-9(2)14-8-10(7-12-14)11(15)13-5-3-4-6-13/h7-9H,3-6H2,1-2H3. The number of carbonyl (C=O) groups is 1. The molecule has 0 aromatic carbocycles. The van der Waals surface area contributed by atoms with E-state index >= 15 is 0 Å². The van der Waals surface area contributed by atoms with Gasteiger partial charge in [-0.15, -0.1) is 0 Å². The molecule has 1 saturated heterocycles. The maximum absolute atomic E-state index is 12.0. The third-order valence-electron chi connectivity index (χ3n) is 2.77. The van der Waals surface area contributed by atoms with E-state index in [0.29, 0.717) is 11.6 Å². The van der Waals surface area contributed by atoms with Crippen molar-refractivity contribution in [2.45, 2.75) is 32.7 Å². The lowest BCUT2D eigenvalue weighted by Crippen LogP contribution is -2.27. The maximum atomic E-state index is 12.0. The molecule has 4 heteroatoms. The molecule has 0 aliphatic carbocycles. The summed E-state index contributed by atoms with van der Waals surface area (Å²) in [5.74, 6) is 0.124. The zero-order valence-electron chi connectivity index (χ0n) is 9.31. The minimum absolute atomic E-state index is 0.124. The van der Waals surface area contributed by atoms with Gasteiger partial charge in [-0.3, -0.25) is 9.48 Å². The molecular weight excluding hydrogens is 190 g/mol. The number of hydrogen-bond acceptors (Lipinski definition) is 2. The van der Waals surface area contributed by atoms with Crippen LogP contribution in [0.15, 0.2) is 12.4 Å². The van der Waals surface area contributed by atoms with Gasteiger partial charge in [0.15, 0.2) is 0 Å². The molecule has 1 aromatic rings. The van der Waals surface area contributed by atoms with E-state index in [-0.39, 0.29) is 5.91 Å². The average Bonchev–Trinajstić information content (AvgIpc) is 2.88. The summed E-state index contributed by atoms with van der Waals surface area (Å²) in [5.41, 5.74) is 0.714. The van der Waals surface area contributed by atoms with Gasteiger partial charge < -0.3 is 4.90 Å². The van der Waals surface area contributed by atoms with E-state index in [2.05, 4.69) is 18.9 Å². The predicted molar refractivity (Wildman–Crippen MR) is 57.7 cm³/mol. The van der Waals surface area contributed by atoms with Gasteiger partial charge in [0, 0.05) is 25.3 Å². The summed E-state index contributed by atoms with van der Waals surface area (Å²) in [6.07, 6.45) is 5.76. The Balaban J connectivity index is 2.11. The number of likely N-dealkylation sites (tertiary alicyclic amines) is 1. The SMILES string of the molecule is CC(C)n1cc(C(=O)N2CCCC2)cn1. The minimum atomic E-state index is 0.124. The second kappa shape index (κ2) is 4.04. The first-order valence-corrected chi connectivity index (χ1v) is 5.52. The van der Waals surface area contributed by atoms with Crippen molar-refractivity contribution in [2.24, 2.45) is 0 Å². The molecule has 0 unspecified atom stereocenters. The largest absolute Gasteiger partial charge is 0.339 e. The van der Waals surface area contributed by atoms with E-state index in [4.69, 9.17) is 0 Å². The fourth-order valence-electron chi connectivity index (χ4n) is 1.83. The fourth-order valence-corrected chi connectivity index (χ4v) is 1.83. The van der Waals surface area contributed by atoms with Gasteiger partial charge in [-0.05, 0) is 26.7 Å². The molecule has 4 nitrogen and oxygen atoms in total. The number of nitrogens with zero attached hydrogens (tertiary/aromatic N) is 3. The first-order valence-electron chi connectivity index (χ1n) is 5.52. The van der Waals surface area contributed by atoms with Gasteiger partial charge >= 0.3 is 0 Å². The molecule has 1 aliphatic rings. The average molecular weight is 207 g/mol. The van der Waals surface area contributed by atoms with Crippen LogP contribution in [0.1, 0.15) is 43.1 Å². The highest BCUT2D eigenvalue weighted by Crippen LogP contribution is 2.13. The van der Waals surface area contributed by atoms with Crippen molar-refractivity contribution in [1.82, 2.24) is 14.7 Å². The molecule has 0 radical (unpaired) electrons. The van der Waals surface area contributed by atoms with Crippen molar-refractivity contribution in [2.75, 3.05) is 13.1 Å². The highest BCUT2D eigenvalue weighted by molar-refractivity contribution is 5.93. The van der Waals surface area contributed by atoms with Crippen LogP contribution in [-0.4, -0.2) is 33.7 Å². The Labute approximate surface area is 89.9 Å². The first kappa shape index (κ1) is 10.2. The number of amides is 1. The van der Waals surface area contributed by atoms with Crippen molar-refractivity contribution in [3.05, 3.63) is 18.0 Å². The maximum Gasteiger partial charge on any atom is 0.257 e. The number of rotatable bonds is 2. The Bertz CT molecular complexity index is 350. The monoisotopic (exact) mass is 207 g/mol. The molecule has 1 aliphatic heterocycles. The van der Waals surface area contributed by atoms with Crippen molar-refractivity contribution in [3.8, 4) is 0 Å². The normalized spacial score (nSPS) is 16.3. The number of aromatic nitrogens is 2. The van der Waals surface area contributed by atoms with Gasteiger partial charge in [0.25, 0.3) is 5.91 Å². The van der Waals surface area contributed by atoms with Crippen molar-refractivity contribution in [3.63, 3.8) is 0 Å². The van der Waals surface area contributed by atoms with Crippen LogP contribution in [0.25, 0.3) is 0 Å². The van der Waals surface area contributed by atoms with Crippen molar-refractivity contribution >= 4 is 5.91 Å². The van der Waals surface area contributed by atoms with Gasteiger partial charge in [-0.2, -0.15) is 5.10 Å². The summed E-state index contributed by atoms with van der Waals surface area (Å²) in [4.78, 5) is 13.9. The Morgan fingerprint density at radius 2 is 2.07 bits per heavy atom. The Morgan fingerprint density at radius 3 is 2.60 bits per heavy atom. The molecule has 0 saturated carbocycles. The van der Waals surface area contributed by atoms with Crippen LogP contribution in [0.2, 0.25) is 0 Å². The lowest BCUT2D eigenvalue weighted by atomic mass is 10.3. The summed E-state index contributed by atoms with van der Waals surface area (Å²) < 4.78 is 1.82. The number of hydrogen-bond donors (Lipinski definition) is 0. The van der Waals surface area contributed by atoms with Crippen LogP contribution in [0.3, 0.4) is 0 Å². The zero-order valence-corrected chi connectivity index (χ0v) is 9.31. The molecule has 0 N–H and O–H groups in total. The lowest BCUT2D eigenvalue weighted by Gasteiger charge is -2.13. The third-order valence-corrected chi connectivity index (χ3v) is 2.77. The van der Waals surface area contributed by atoms with Gasteiger partial charge in [-0.25, -0.2) is 0 Å². The summed E-state index contributed by atoms with van der Waals surface area (Å²) in [5, 5.41) is 4.18. The Hall–Kier alpha value is -1.32.